The second-order valence-electron chi connectivity index (χ2n) is 5.29. The molecule has 0 aromatic heterocycles. The van der Waals surface area contributed by atoms with Crippen molar-refractivity contribution < 1.29 is 9.09 Å². The molecule has 3 aromatic rings. The fourth-order valence-electron chi connectivity index (χ4n) is 2.54. The highest BCUT2D eigenvalue weighted by atomic mass is 31.1. The summed E-state index contributed by atoms with van der Waals surface area (Å²) in [7, 11) is -1.87. The molecule has 0 N–H and O–H groups in total. The van der Waals surface area contributed by atoms with Crippen molar-refractivity contribution >= 4 is 13.3 Å². The zero-order valence-corrected chi connectivity index (χ0v) is 13.8. The van der Waals surface area contributed by atoms with Gasteiger partial charge < -0.3 is 0 Å². The summed E-state index contributed by atoms with van der Waals surface area (Å²) in [6.07, 6.45) is -0.254. The molecular weight excluding hydrogens is 303 g/mol. The molecule has 0 bridgehead atoms. The zero-order valence-electron chi connectivity index (χ0n) is 12.9. The van der Waals surface area contributed by atoms with Crippen LogP contribution in [0.5, 0.6) is 0 Å². The van der Waals surface area contributed by atoms with E-state index in [9.17, 15) is 4.57 Å². The van der Waals surface area contributed by atoms with Gasteiger partial charge in [0.2, 0.25) is 5.30 Å². The van der Waals surface area contributed by atoms with Crippen molar-refractivity contribution in [3.63, 3.8) is 0 Å². The Kier molecular flexibility index (Phi) is 4.97. The van der Waals surface area contributed by atoms with Crippen LogP contribution in [0.15, 0.2) is 84.9 Å². The summed E-state index contributed by atoms with van der Waals surface area (Å²) < 4.78 is 18.2. The van der Waals surface area contributed by atoms with E-state index in [0.717, 1.165) is 16.7 Å². The van der Waals surface area contributed by atoms with Crippen molar-refractivity contribution in [2.75, 3.05) is 0 Å². The van der Waals surface area contributed by atoms with E-state index < -0.39 is 8.03 Å². The van der Waals surface area contributed by atoms with Gasteiger partial charge in [0.15, 0.2) is 0 Å². The summed E-state index contributed by atoms with van der Waals surface area (Å²) in [4.78, 5) is 0. The van der Waals surface area contributed by atoms with Crippen LogP contribution >= 0.6 is 8.03 Å². The Morgan fingerprint density at radius 3 is 2.04 bits per heavy atom. The number of hydrogen-bond donors (Lipinski definition) is 0. The Morgan fingerprint density at radius 1 is 0.783 bits per heavy atom. The lowest BCUT2D eigenvalue weighted by Crippen LogP contribution is -2.02. The van der Waals surface area contributed by atoms with Gasteiger partial charge in [0.25, 0.3) is 0 Å². The minimum Gasteiger partial charge on any atom is -0.134 e. The van der Waals surface area contributed by atoms with Gasteiger partial charge in [-0.2, -0.15) is 0 Å². The van der Waals surface area contributed by atoms with Crippen molar-refractivity contribution in [3.8, 4) is 11.1 Å². The standard InChI is InChI=1S/C20H18O2P/c1-16(22-23(21)18-12-6-3-7-13-18)19-14-8-9-15-20(19)17-10-4-2-5-11-17/h2-16H,1H3/q+1. The van der Waals surface area contributed by atoms with Crippen LogP contribution in [0.1, 0.15) is 18.6 Å². The van der Waals surface area contributed by atoms with Gasteiger partial charge in [-0.05, 0) is 40.3 Å². The van der Waals surface area contributed by atoms with Crippen molar-refractivity contribution in [2.24, 2.45) is 0 Å². The van der Waals surface area contributed by atoms with Crippen LogP contribution in [0.3, 0.4) is 0 Å². The van der Waals surface area contributed by atoms with Gasteiger partial charge in [0, 0.05) is 0 Å². The highest BCUT2D eigenvalue weighted by Crippen LogP contribution is 2.36. The first-order chi connectivity index (χ1) is 11.3. The highest BCUT2D eigenvalue weighted by molar-refractivity contribution is 7.48. The van der Waals surface area contributed by atoms with Gasteiger partial charge in [-0.15, -0.1) is 4.52 Å². The van der Waals surface area contributed by atoms with Crippen LogP contribution in [-0.2, 0) is 9.09 Å². The van der Waals surface area contributed by atoms with Gasteiger partial charge in [-0.25, -0.2) is 0 Å². The van der Waals surface area contributed by atoms with E-state index in [1.165, 1.54) is 0 Å². The maximum atomic E-state index is 12.4. The molecule has 114 valence electrons. The minimum atomic E-state index is -1.87. The molecule has 2 nitrogen and oxygen atoms in total. The topological polar surface area (TPSA) is 26.3 Å². The van der Waals surface area contributed by atoms with Crippen LogP contribution < -0.4 is 5.30 Å². The molecule has 0 aliphatic rings. The molecule has 0 spiro atoms. The molecule has 3 heteroatoms. The fourth-order valence-corrected chi connectivity index (χ4v) is 3.48. The third-order valence-corrected chi connectivity index (χ3v) is 4.93. The Labute approximate surface area is 137 Å². The summed E-state index contributed by atoms with van der Waals surface area (Å²) >= 11 is 0. The lowest BCUT2D eigenvalue weighted by Gasteiger charge is -2.12. The van der Waals surface area contributed by atoms with Gasteiger partial charge in [-0.3, -0.25) is 0 Å². The van der Waals surface area contributed by atoms with Gasteiger partial charge in [0.1, 0.15) is 6.10 Å². The van der Waals surface area contributed by atoms with E-state index in [1.54, 1.807) is 0 Å². The van der Waals surface area contributed by atoms with Crippen LogP contribution in [0.4, 0.5) is 0 Å². The van der Waals surface area contributed by atoms with Crippen molar-refractivity contribution in [2.45, 2.75) is 13.0 Å². The minimum absolute atomic E-state index is 0.254. The molecule has 0 aliphatic heterocycles. The smallest absolute Gasteiger partial charge is 0.134 e. The van der Waals surface area contributed by atoms with Gasteiger partial charge >= 0.3 is 8.03 Å². The second-order valence-corrected chi connectivity index (χ2v) is 6.54. The molecule has 0 radical (unpaired) electrons. The molecule has 3 aromatic carbocycles. The van der Waals surface area contributed by atoms with Crippen LogP contribution in [0.25, 0.3) is 11.1 Å². The van der Waals surface area contributed by atoms with E-state index in [4.69, 9.17) is 4.52 Å². The van der Waals surface area contributed by atoms with E-state index in [2.05, 4.69) is 18.2 Å². The molecule has 2 atom stereocenters. The quantitative estimate of drug-likeness (QED) is 0.580. The summed E-state index contributed by atoms with van der Waals surface area (Å²) in [5.41, 5.74) is 3.28. The second kappa shape index (κ2) is 7.32. The summed E-state index contributed by atoms with van der Waals surface area (Å²) in [6, 6.07) is 27.6. The van der Waals surface area contributed by atoms with Crippen LogP contribution in [0.2, 0.25) is 0 Å². The molecule has 0 heterocycles. The number of rotatable bonds is 5. The molecule has 0 saturated heterocycles. The summed E-state index contributed by atoms with van der Waals surface area (Å²) in [5.74, 6) is 0. The first kappa shape index (κ1) is 15.6. The Balaban J connectivity index is 1.86. The average Bonchev–Trinajstić information content (AvgIpc) is 2.63. The van der Waals surface area contributed by atoms with Crippen molar-refractivity contribution in [1.82, 2.24) is 0 Å². The lowest BCUT2D eigenvalue weighted by atomic mass is 9.97. The molecule has 0 aliphatic carbocycles. The van der Waals surface area contributed by atoms with E-state index in [1.807, 2.05) is 73.7 Å². The van der Waals surface area contributed by atoms with E-state index >= 15 is 0 Å². The van der Waals surface area contributed by atoms with Crippen molar-refractivity contribution in [3.05, 3.63) is 90.5 Å². The third-order valence-electron chi connectivity index (χ3n) is 3.70. The Morgan fingerprint density at radius 2 is 1.35 bits per heavy atom. The monoisotopic (exact) mass is 321 g/mol. The van der Waals surface area contributed by atoms with Gasteiger partial charge in [0.05, 0.1) is 0 Å². The maximum Gasteiger partial charge on any atom is 0.549 e. The van der Waals surface area contributed by atoms with Crippen molar-refractivity contribution in [1.29, 1.82) is 0 Å². The Hall–Kier alpha value is -2.28. The summed E-state index contributed by atoms with van der Waals surface area (Å²) in [6.45, 7) is 1.94. The predicted molar refractivity (Wildman–Crippen MR) is 95.1 cm³/mol. The third kappa shape index (κ3) is 3.73. The Bertz CT molecular complexity index is 785. The molecule has 23 heavy (non-hydrogen) atoms. The average molecular weight is 321 g/mol. The molecule has 3 rings (SSSR count). The number of hydrogen-bond acceptors (Lipinski definition) is 2. The predicted octanol–water partition coefficient (Wildman–Crippen LogP) is 5.50. The molecule has 0 amide bonds. The molecule has 0 saturated carbocycles. The van der Waals surface area contributed by atoms with Crippen LogP contribution in [0, 0.1) is 0 Å². The highest BCUT2D eigenvalue weighted by Gasteiger charge is 2.27. The molecule has 2 unspecified atom stereocenters. The lowest BCUT2D eigenvalue weighted by molar-refractivity contribution is 0.246. The zero-order chi connectivity index (χ0) is 16.1. The van der Waals surface area contributed by atoms with Crippen LogP contribution in [-0.4, -0.2) is 0 Å². The van der Waals surface area contributed by atoms with E-state index in [0.29, 0.717) is 5.30 Å². The first-order valence-electron chi connectivity index (χ1n) is 7.59. The fraction of sp³-hybridized carbons (Fsp3) is 0.100. The SMILES string of the molecule is CC(O[P+](=O)c1ccccc1)c1ccccc1-c1ccccc1. The van der Waals surface area contributed by atoms with E-state index in [-0.39, 0.29) is 6.10 Å². The first-order valence-corrected chi connectivity index (χ1v) is 8.77. The maximum absolute atomic E-state index is 12.4. The molecule has 0 fully saturated rings. The normalized spacial score (nSPS) is 12.7. The molecular formula is C20H18O2P+. The largest absolute Gasteiger partial charge is 0.549 e. The number of benzene rings is 3. The summed E-state index contributed by atoms with van der Waals surface area (Å²) in [5, 5.41) is 0.714. The van der Waals surface area contributed by atoms with Gasteiger partial charge in [-0.1, -0.05) is 72.8 Å².